The number of hydrogen-bond acceptors (Lipinski definition) is 12. The number of rotatable bonds is 16. The van der Waals surface area contributed by atoms with Gasteiger partial charge in [0.25, 0.3) is 0 Å². The number of nitrogens with one attached hydrogen (secondary N) is 2. The van der Waals surface area contributed by atoms with Gasteiger partial charge in [-0.1, -0.05) is 44.2 Å². The fourth-order valence-electron chi connectivity index (χ4n) is 6.18. The molecule has 0 saturated carbocycles. The Labute approximate surface area is 286 Å². The Kier molecular flexibility index (Phi) is 12.2. The highest BCUT2D eigenvalue weighted by Gasteiger charge is 2.44. The van der Waals surface area contributed by atoms with Crippen LogP contribution >= 0.6 is 0 Å². The van der Waals surface area contributed by atoms with Crippen LogP contribution in [0.5, 0.6) is 11.5 Å². The van der Waals surface area contributed by atoms with Crippen molar-refractivity contribution in [2.45, 2.75) is 69.0 Å². The number of hydrogen-bond donors (Lipinski definition) is 3. The summed E-state index contributed by atoms with van der Waals surface area (Å²) in [5.41, 5.74) is 2.27. The summed E-state index contributed by atoms with van der Waals surface area (Å²) in [7, 11) is -2.92. The lowest BCUT2D eigenvalue weighted by atomic mass is 9.87. The average molecular weight is 708 g/mol. The number of fused-ring (bicyclic) bond motifs is 2. The monoisotopic (exact) mass is 707 g/mol. The number of benzene rings is 2. The summed E-state index contributed by atoms with van der Waals surface area (Å²) in [6.07, 6.45) is -1.92. The number of sulfonamides is 1. The fraction of sp³-hybridized carbons (Fsp3) is 0.576. The molecule has 3 aliphatic heterocycles. The molecule has 0 unspecified atom stereocenters. The third kappa shape index (κ3) is 9.73. The first-order chi connectivity index (χ1) is 23.4. The van der Waals surface area contributed by atoms with Gasteiger partial charge in [0.1, 0.15) is 6.10 Å². The lowest BCUT2D eigenvalue weighted by Gasteiger charge is -2.35. The second-order valence-electron chi connectivity index (χ2n) is 13.0. The van der Waals surface area contributed by atoms with E-state index in [9.17, 15) is 23.1 Å². The molecule has 3 aliphatic rings. The van der Waals surface area contributed by atoms with Crippen LogP contribution in [-0.2, 0) is 40.2 Å². The van der Waals surface area contributed by atoms with Crippen LogP contribution in [0.4, 0.5) is 9.59 Å². The number of carbonyl (C=O) groups excluding carboxylic acids is 2. The van der Waals surface area contributed by atoms with Gasteiger partial charge in [-0.25, -0.2) is 18.0 Å². The minimum atomic E-state index is -4.21. The number of hydroxylamine groups is 1. The van der Waals surface area contributed by atoms with E-state index in [1.165, 1.54) is 29.6 Å². The van der Waals surface area contributed by atoms with E-state index in [-0.39, 0.29) is 50.3 Å². The Hall–Kier alpha value is -3.67. The fourth-order valence-corrected chi connectivity index (χ4v) is 7.84. The minimum absolute atomic E-state index is 0.00388. The van der Waals surface area contributed by atoms with Crippen LogP contribution in [0.3, 0.4) is 0 Å². The van der Waals surface area contributed by atoms with Crippen molar-refractivity contribution in [2.75, 3.05) is 46.8 Å². The lowest BCUT2D eigenvalue weighted by molar-refractivity contribution is -0.0907. The normalized spacial score (nSPS) is 21.2. The molecule has 3 N–H and O–H groups in total. The van der Waals surface area contributed by atoms with E-state index in [2.05, 4.69) is 15.6 Å². The van der Waals surface area contributed by atoms with Gasteiger partial charge >= 0.3 is 12.2 Å². The second kappa shape index (κ2) is 16.4. The first kappa shape index (κ1) is 36.6. The molecule has 2 saturated heterocycles. The highest BCUT2D eigenvalue weighted by atomic mass is 32.2. The Morgan fingerprint density at radius 2 is 1.86 bits per heavy atom. The Bertz CT molecular complexity index is 1530. The van der Waals surface area contributed by atoms with Crippen LogP contribution in [0, 0.1) is 11.3 Å². The summed E-state index contributed by atoms with van der Waals surface area (Å²) in [6, 6.07) is 12.7. The molecule has 49 heavy (non-hydrogen) atoms. The molecule has 5 rings (SSSR count). The first-order valence-electron chi connectivity index (χ1n) is 16.2. The van der Waals surface area contributed by atoms with Gasteiger partial charge in [-0.05, 0) is 48.8 Å². The number of amides is 2. The van der Waals surface area contributed by atoms with Crippen molar-refractivity contribution in [3.8, 4) is 11.5 Å². The molecule has 0 bridgehead atoms. The van der Waals surface area contributed by atoms with Gasteiger partial charge in [0, 0.05) is 19.2 Å². The van der Waals surface area contributed by atoms with E-state index >= 15 is 0 Å². The zero-order chi connectivity index (χ0) is 35.0. The summed E-state index contributed by atoms with van der Waals surface area (Å²) in [5.74, 6) is 0.647. The third-order valence-corrected chi connectivity index (χ3v) is 10.5. The number of aliphatic hydroxyl groups is 1. The number of nitrogens with zero attached hydrogens (tertiary/aromatic N) is 1. The summed E-state index contributed by atoms with van der Waals surface area (Å²) < 4.78 is 62.5. The SMILES string of the molecule is CONC(=O)OCCCC(C)(C)CN(C[C@@H](O)[C@H](Cc1ccccc1)NC(=O)O[C@H]1CO[C@H]2OCC[C@H]21)S(=O)(=O)c1ccc2c(c1)OCO2. The van der Waals surface area contributed by atoms with Crippen LogP contribution in [0.2, 0.25) is 0 Å². The smallest absolute Gasteiger partial charge is 0.431 e. The van der Waals surface area contributed by atoms with Crippen molar-refractivity contribution < 1.29 is 56.4 Å². The highest BCUT2D eigenvalue weighted by molar-refractivity contribution is 7.89. The zero-order valence-corrected chi connectivity index (χ0v) is 28.7. The molecule has 3 heterocycles. The quantitative estimate of drug-likeness (QED) is 0.172. The topological polar surface area (TPSA) is 180 Å². The summed E-state index contributed by atoms with van der Waals surface area (Å²) in [5, 5.41) is 14.5. The lowest BCUT2D eigenvalue weighted by Crippen LogP contribution is -2.52. The molecular weight excluding hydrogens is 662 g/mol. The van der Waals surface area contributed by atoms with Gasteiger partial charge in [0.2, 0.25) is 16.8 Å². The molecule has 0 aromatic heterocycles. The Morgan fingerprint density at radius 1 is 1.08 bits per heavy atom. The molecule has 5 atom stereocenters. The van der Waals surface area contributed by atoms with Gasteiger partial charge in [-0.15, -0.1) is 0 Å². The van der Waals surface area contributed by atoms with E-state index in [0.717, 1.165) is 5.56 Å². The van der Waals surface area contributed by atoms with Gasteiger partial charge in [0.15, 0.2) is 17.8 Å². The van der Waals surface area contributed by atoms with Crippen LogP contribution in [0.25, 0.3) is 0 Å². The van der Waals surface area contributed by atoms with Crippen LogP contribution in [-0.4, -0.2) is 101 Å². The van der Waals surface area contributed by atoms with Crippen molar-refractivity contribution in [3.63, 3.8) is 0 Å². The molecule has 0 aliphatic carbocycles. The third-order valence-electron chi connectivity index (χ3n) is 8.70. The number of aliphatic hydroxyl groups excluding tert-OH is 1. The van der Waals surface area contributed by atoms with E-state index < -0.39 is 52.2 Å². The molecule has 2 aromatic carbocycles. The molecule has 0 radical (unpaired) electrons. The van der Waals surface area contributed by atoms with Crippen LogP contribution in [0.15, 0.2) is 53.4 Å². The Balaban J connectivity index is 1.34. The van der Waals surface area contributed by atoms with Crippen molar-refractivity contribution in [1.82, 2.24) is 15.1 Å². The van der Waals surface area contributed by atoms with Gasteiger partial charge < -0.3 is 38.8 Å². The summed E-state index contributed by atoms with van der Waals surface area (Å²) in [4.78, 5) is 29.3. The van der Waals surface area contributed by atoms with Gasteiger partial charge in [-0.2, -0.15) is 9.79 Å². The molecule has 2 fully saturated rings. The van der Waals surface area contributed by atoms with Crippen molar-refractivity contribution in [1.29, 1.82) is 0 Å². The number of carbonyl (C=O) groups is 2. The molecule has 2 amide bonds. The molecule has 270 valence electrons. The van der Waals surface area contributed by atoms with Crippen molar-refractivity contribution in [3.05, 3.63) is 54.1 Å². The summed E-state index contributed by atoms with van der Waals surface area (Å²) in [6.45, 7) is 4.20. The summed E-state index contributed by atoms with van der Waals surface area (Å²) >= 11 is 0. The molecular formula is C33H45N3O12S. The molecule has 0 spiro atoms. The van der Waals surface area contributed by atoms with E-state index in [1.807, 2.05) is 44.2 Å². The van der Waals surface area contributed by atoms with E-state index in [1.54, 1.807) is 0 Å². The largest absolute Gasteiger partial charge is 0.454 e. The highest BCUT2D eigenvalue weighted by Crippen LogP contribution is 2.36. The van der Waals surface area contributed by atoms with Crippen molar-refractivity contribution >= 4 is 22.2 Å². The van der Waals surface area contributed by atoms with Crippen LogP contribution < -0.4 is 20.3 Å². The maximum atomic E-state index is 14.3. The maximum Gasteiger partial charge on any atom is 0.431 e. The zero-order valence-electron chi connectivity index (χ0n) is 27.9. The minimum Gasteiger partial charge on any atom is -0.454 e. The van der Waals surface area contributed by atoms with Crippen molar-refractivity contribution in [2.24, 2.45) is 11.3 Å². The number of ether oxygens (including phenoxy) is 6. The molecule has 15 nitrogen and oxygen atoms in total. The Morgan fingerprint density at radius 3 is 2.63 bits per heavy atom. The maximum absolute atomic E-state index is 14.3. The van der Waals surface area contributed by atoms with Gasteiger partial charge in [0.05, 0.1) is 49.9 Å². The average Bonchev–Trinajstić information content (AvgIpc) is 3.82. The second-order valence-corrected chi connectivity index (χ2v) is 14.9. The number of alkyl carbamates (subject to hydrolysis) is 1. The van der Waals surface area contributed by atoms with E-state index in [0.29, 0.717) is 37.4 Å². The first-order valence-corrected chi connectivity index (χ1v) is 17.7. The van der Waals surface area contributed by atoms with Gasteiger partial charge in [-0.3, -0.25) is 4.84 Å². The van der Waals surface area contributed by atoms with Crippen LogP contribution in [0.1, 0.15) is 38.7 Å². The van der Waals surface area contributed by atoms with E-state index in [4.69, 9.17) is 28.4 Å². The molecule has 16 heteroatoms. The predicted octanol–water partition coefficient (Wildman–Crippen LogP) is 2.96. The predicted molar refractivity (Wildman–Crippen MR) is 173 cm³/mol. The molecule has 2 aromatic rings. The standard InChI is InChI=1S/C33H45N3O12S/c1-33(2,13-7-14-44-32(39)35-42-3)20-36(49(40,41)23-10-11-27-28(17-23)47-21-46-27)18-26(37)25(16-22-8-5-4-6-9-22)34-31(38)48-29-19-45-30-24(29)12-15-43-30/h4-6,8-11,17,24-26,29-30,37H,7,12-16,18-21H2,1-3H3,(H,34,38)(H,35,39)/t24-,25-,26+,29-,30+/m0/s1.